The molecule has 128 valence electrons. The molecule has 1 N–H and O–H groups in total. The Balaban J connectivity index is 1.66. The Bertz CT molecular complexity index is 808. The Morgan fingerprint density at radius 1 is 0.840 bits per heavy atom. The molecule has 3 aromatic rings. The van der Waals surface area contributed by atoms with E-state index in [9.17, 15) is 0 Å². The van der Waals surface area contributed by atoms with Crippen LogP contribution in [0.5, 0.6) is 0 Å². The van der Waals surface area contributed by atoms with Crippen molar-refractivity contribution in [3.05, 3.63) is 83.9 Å². The third-order valence-electron chi connectivity index (χ3n) is 3.95. The molecule has 3 rings (SSSR count). The van der Waals surface area contributed by atoms with Crippen LogP contribution in [0.25, 0.3) is 11.1 Å². The van der Waals surface area contributed by atoms with Crippen LogP contribution < -0.4 is 4.72 Å². The van der Waals surface area contributed by atoms with Crippen LogP contribution in [0.15, 0.2) is 77.7 Å². The zero-order valence-corrected chi connectivity index (χ0v) is 15.8. The van der Waals surface area contributed by atoms with E-state index in [0.717, 1.165) is 12.2 Å². The van der Waals surface area contributed by atoms with Gasteiger partial charge in [0.25, 0.3) is 0 Å². The first-order chi connectivity index (χ1) is 12.1. The predicted molar refractivity (Wildman–Crippen MR) is 110 cm³/mol. The zero-order chi connectivity index (χ0) is 17.6. The maximum absolute atomic E-state index is 3.41. The fraction of sp³-hybridized carbons (Fsp3) is 0.182. The van der Waals surface area contributed by atoms with Crippen molar-refractivity contribution in [1.29, 1.82) is 0 Å². The average molecular weight is 349 g/mol. The zero-order valence-electron chi connectivity index (χ0n) is 15.0. The van der Waals surface area contributed by atoms with E-state index in [1.54, 1.807) is 11.9 Å². The number of hydrogen-bond acceptors (Lipinski definition) is 3. The van der Waals surface area contributed by atoms with Crippen LogP contribution in [-0.2, 0) is 6.54 Å². The second-order valence-corrected chi connectivity index (χ2v) is 7.41. The Hall–Kier alpha value is -2.23. The lowest BCUT2D eigenvalue weighted by atomic mass is 10.0. The number of nitrogens with zero attached hydrogens (tertiary/aromatic N) is 1. The molecule has 0 fully saturated rings. The molecule has 0 aromatic heterocycles. The molecule has 0 heterocycles. The van der Waals surface area contributed by atoms with Gasteiger partial charge in [0.2, 0.25) is 0 Å². The molecule has 0 amide bonds. The highest BCUT2D eigenvalue weighted by atomic mass is 32.2. The Labute approximate surface area is 155 Å². The van der Waals surface area contributed by atoms with Gasteiger partial charge in [-0.1, -0.05) is 48.0 Å². The summed E-state index contributed by atoms with van der Waals surface area (Å²) in [6.07, 6.45) is 0. The minimum atomic E-state index is 0.959. The molecule has 0 radical (unpaired) electrons. The minimum absolute atomic E-state index is 0.959. The first-order valence-corrected chi connectivity index (χ1v) is 9.25. The second kappa shape index (κ2) is 8.24. The van der Waals surface area contributed by atoms with E-state index in [1.165, 1.54) is 27.1 Å². The summed E-state index contributed by atoms with van der Waals surface area (Å²) < 4.78 is 3.41. The molecule has 0 spiro atoms. The van der Waals surface area contributed by atoms with E-state index in [4.69, 9.17) is 0 Å². The number of nitrogens with one attached hydrogen (secondary N) is 1. The summed E-state index contributed by atoms with van der Waals surface area (Å²) >= 11 is 1.64. The van der Waals surface area contributed by atoms with Crippen molar-refractivity contribution in [2.45, 2.75) is 18.4 Å². The number of hydrogen-bond donors (Lipinski definition) is 1. The average Bonchev–Trinajstić information content (AvgIpc) is 2.61. The van der Waals surface area contributed by atoms with Crippen LogP contribution >= 0.6 is 11.9 Å². The molecule has 3 heteroatoms. The summed E-state index contributed by atoms with van der Waals surface area (Å²) in [5.74, 6) is 0. The van der Waals surface area contributed by atoms with Crippen molar-refractivity contribution in [2.24, 2.45) is 0 Å². The summed E-state index contributed by atoms with van der Waals surface area (Å²) in [5, 5.41) is 0. The van der Waals surface area contributed by atoms with E-state index in [1.807, 2.05) is 0 Å². The number of aryl methyl sites for hydroxylation is 1. The van der Waals surface area contributed by atoms with E-state index in [2.05, 4.69) is 103 Å². The fourth-order valence-electron chi connectivity index (χ4n) is 2.67. The Morgan fingerprint density at radius 3 is 2.24 bits per heavy atom. The molecule has 0 aliphatic carbocycles. The summed E-state index contributed by atoms with van der Waals surface area (Å²) in [6, 6.07) is 25.9. The largest absolute Gasteiger partial charge is 0.326 e. The highest BCUT2D eigenvalue weighted by Gasteiger charge is 2.02. The van der Waals surface area contributed by atoms with Crippen LogP contribution in [-0.4, -0.2) is 19.0 Å². The van der Waals surface area contributed by atoms with Crippen LogP contribution in [0.1, 0.15) is 11.1 Å². The van der Waals surface area contributed by atoms with Crippen molar-refractivity contribution in [2.75, 3.05) is 18.8 Å². The SMILES string of the molecule is Cc1ccc(SNc2ccc(-c3cccc(CN(C)C)c3)cc2)cc1. The van der Waals surface area contributed by atoms with Gasteiger partial charge in [0.05, 0.1) is 0 Å². The standard InChI is InChI=1S/C22H24N2S/c1-17-7-13-22(14-8-17)25-23-21-11-9-19(10-12-21)20-6-4-5-18(15-20)16-24(2)3/h4-15,23H,16H2,1-3H3. The molecule has 0 saturated heterocycles. The molecular weight excluding hydrogens is 324 g/mol. The first-order valence-electron chi connectivity index (χ1n) is 8.44. The molecular formula is C22H24N2S. The number of anilines is 1. The van der Waals surface area contributed by atoms with Gasteiger partial charge < -0.3 is 9.62 Å². The number of benzene rings is 3. The van der Waals surface area contributed by atoms with Gasteiger partial charge in [0.15, 0.2) is 0 Å². The van der Waals surface area contributed by atoms with Crippen molar-refractivity contribution >= 4 is 17.6 Å². The van der Waals surface area contributed by atoms with Gasteiger partial charge in [-0.3, -0.25) is 0 Å². The molecule has 0 saturated carbocycles. The summed E-state index contributed by atoms with van der Waals surface area (Å²) in [5.41, 5.74) is 6.23. The van der Waals surface area contributed by atoms with Gasteiger partial charge in [-0.25, -0.2) is 0 Å². The summed E-state index contributed by atoms with van der Waals surface area (Å²) in [7, 11) is 4.19. The normalized spacial score (nSPS) is 10.9. The van der Waals surface area contributed by atoms with Crippen molar-refractivity contribution in [3.63, 3.8) is 0 Å². The van der Waals surface area contributed by atoms with Crippen LogP contribution in [0.3, 0.4) is 0 Å². The van der Waals surface area contributed by atoms with Crippen molar-refractivity contribution < 1.29 is 0 Å². The molecule has 0 atom stereocenters. The first kappa shape index (κ1) is 17.6. The topological polar surface area (TPSA) is 15.3 Å². The van der Waals surface area contributed by atoms with E-state index >= 15 is 0 Å². The molecule has 0 aliphatic heterocycles. The van der Waals surface area contributed by atoms with Gasteiger partial charge in [0.1, 0.15) is 0 Å². The van der Waals surface area contributed by atoms with Crippen LogP contribution in [0.2, 0.25) is 0 Å². The van der Waals surface area contributed by atoms with Crippen molar-refractivity contribution in [1.82, 2.24) is 4.90 Å². The Morgan fingerprint density at radius 2 is 1.56 bits per heavy atom. The van der Waals surface area contributed by atoms with E-state index < -0.39 is 0 Å². The summed E-state index contributed by atoms with van der Waals surface area (Å²) in [4.78, 5) is 3.40. The van der Waals surface area contributed by atoms with Crippen LogP contribution in [0, 0.1) is 6.92 Å². The quantitative estimate of drug-likeness (QED) is 0.563. The molecule has 0 aliphatic rings. The predicted octanol–water partition coefficient (Wildman–Crippen LogP) is 5.84. The molecule has 0 unspecified atom stereocenters. The number of rotatable bonds is 6. The lowest BCUT2D eigenvalue weighted by Gasteiger charge is -2.11. The Kier molecular flexibility index (Phi) is 5.79. The maximum Gasteiger partial charge on any atom is 0.0443 e. The third kappa shape index (κ3) is 5.12. The molecule has 25 heavy (non-hydrogen) atoms. The van der Waals surface area contributed by atoms with E-state index in [0.29, 0.717) is 0 Å². The van der Waals surface area contributed by atoms with Crippen LogP contribution in [0.4, 0.5) is 5.69 Å². The fourth-order valence-corrected chi connectivity index (χ4v) is 3.31. The minimum Gasteiger partial charge on any atom is -0.326 e. The molecule has 0 bridgehead atoms. The second-order valence-electron chi connectivity index (χ2n) is 6.53. The van der Waals surface area contributed by atoms with E-state index in [-0.39, 0.29) is 0 Å². The third-order valence-corrected chi connectivity index (χ3v) is 4.80. The van der Waals surface area contributed by atoms with Crippen molar-refractivity contribution in [3.8, 4) is 11.1 Å². The lowest BCUT2D eigenvalue weighted by molar-refractivity contribution is 0.402. The van der Waals surface area contributed by atoms with Gasteiger partial charge in [-0.2, -0.15) is 0 Å². The summed E-state index contributed by atoms with van der Waals surface area (Å²) in [6.45, 7) is 3.06. The maximum atomic E-state index is 3.41. The molecule has 2 nitrogen and oxygen atoms in total. The van der Waals surface area contributed by atoms with Gasteiger partial charge >= 0.3 is 0 Å². The smallest absolute Gasteiger partial charge is 0.0443 e. The monoisotopic (exact) mass is 348 g/mol. The highest BCUT2D eigenvalue weighted by Crippen LogP contribution is 2.26. The highest BCUT2D eigenvalue weighted by molar-refractivity contribution is 8.00. The lowest BCUT2D eigenvalue weighted by Crippen LogP contribution is -2.10. The van der Waals surface area contributed by atoms with Gasteiger partial charge in [-0.05, 0) is 80.0 Å². The molecule has 3 aromatic carbocycles. The van der Waals surface area contributed by atoms with Gasteiger partial charge in [0, 0.05) is 17.1 Å². The van der Waals surface area contributed by atoms with Gasteiger partial charge in [-0.15, -0.1) is 0 Å².